The number of thiazole rings is 1. The maximum Gasteiger partial charge on any atom is 0.226 e. The molecular weight excluding hydrogens is 432 g/mol. The number of rotatable bonds is 5. The van der Waals surface area contributed by atoms with E-state index in [-0.39, 0.29) is 28.9 Å². The SMILES string of the molecule is C[C@H](CCC(=O)Nc1nccs1)[C@@H]1CC[C@@H]2[C@H]3[C@@H](CC[C@@]21C)[C@@]1(C)CC[C@@H](O)C[C@@H]1C[C@@H]3O. The lowest BCUT2D eigenvalue weighted by molar-refractivity contribution is -0.174. The number of amides is 1. The molecule has 0 aromatic carbocycles. The largest absolute Gasteiger partial charge is 0.393 e. The van der Waals surface area contributed by atoms with Crippen LogP contribution in [-0.4, -0.2) is 33.3 Å². The molecule has 5 nitrogen and oxygen atoms in total. The molecule has 0 unspecified atom stereocenters. The van der Waals surface area contributed by atoms with Gasteiger partial charge in [-0.15, -0.1) is 11.3 Å². The Morgan fingerprint density at radius 2 is 1.91 bits per heavy atom. The number of nitrogens with zero attached hydrogens (tertiary/aromatic N) is 1. The van der Waals surface area contributed by atoms with Crippen LogP contribution in [0.5, 0.6) is 0 Å². The van der Waals surface area contributed by atoms with E-state index in [0.717, 1.165) is 32.1 Å². The van der Waals surface area contributed by atoms with E-state index in [9.17, 15) is 15.0 Å². The highest BCUT2D eigenvalue weighted by Gasteiger charge is 2.62. The van der Waals surface area contributed by atoms with Gasteiger partial charge in [0.25, 0.3) is 0 Å². The average Bonchev–Trinajstić information content (AvgIpc) is 3.40. The number of aliphatic hydroxyl groups is 2. The minimum absolute atomic E-state index is 0.0707. The van der Waals surface area contributed by atoms with Crippen molar-refractivity contribution in [2.24, 2.45) is 46.3 Å². The molecule has 0 radical (unpaired) electrons. The Morgan fingerprint density at radius 1 is 1.15 bits per heavy atom. The van der Waals surface area contributed by atoms with Gasteiger partial charge in [-0.2, -0.15) is 0 Å². The molecule has 3 N–H and O–H groups in total. The van der Waals surface area contributed by atoms with E-state index < -0.39 is 0 Å². The number of hydrogen-bond acceptors (Lipinski definition) is 5. The Balaban J connectivity index is 1.26. The molecule has 1 heterocycles. The summed E-state index contributed by atoms with van der Waals surface area (Å²) in [5.74, 6) is 3.26. The van der Waals surface area contributed by atoms with E-state index in [2.05, 4.69) is 31.1 Å². The Bertz CT molecular complexity index is 846. The molecule has 33 heavy (non-hydrogen) atoms. The van der Waals surface area contributed by atoms with Gasteiger partial charge in [0, 0.05) is 18.0 Å². The van der Waals surface area contributed by atoms with E-state index in [0.29, 0.717) is 47.1 Å². The number of hydrogen-bond donors (Lipinski definition) is 3. The molecule has 184 valence electrons. The molecule has 4 aliphatic carbocycles. The summed E-state index contributed by atoms with van der Waals surface area (Å²) in [7, 11) is 0. The number of aliphatic hydroxyl groups excluding tert-OH is 2. The molecule has 0 spiro atoms. The van der Waals surface area contributed by atoms with Gasteiger partial charge in [0.2, 0.25) is 5.91 Å². The second-order valence-electron chi connectivity index (χ2n) is 12.4. The normalized spacial score (nSPS) is 45.5. The zero-order valence-corrected chi connectivity index (χ0v) is 21.3. The Kier molecular flexibility index (Phi) is 6.41. The highest BCUT2D eigenvalue weighted by molar-refractivity contribution is 7.13. The maximum atomic E-state index is 12.4. The standard InChI is InChI=1S/C27H42N2O3S/c1-16(4-7-23(32)29-25-28-12-13-33-25)19-5-6-20-24-21(9-11-27(19,20)3)26(2)10-8-18(30)14-17(26)15-22(24)31/h12-13,16-22,24,30-31H,4-11,14-15H2,1-3H3,(H,28,29,32)/t16-,17-,18-,19+,20-,21-,22+,24+,26+,27-/m1/s1. The van der Waals surface area contributed by atoms with Gasteiger partial charge in [0.1, 0.15) is 0 Å². The van der Waals surface area contributed by atoms with Crippen molar-refractivity contribution in [2.75, 3.05) is 5.32 Å². The van der Waals surface area contributed by atoms with Gasteiger partial charge < -0.3 is 15.5 Å². The molecule has 4 fully saturated rings. The van der Waals surface area contributed by atoms with Crippen LogP contribution in [0.3, 0.4) is 0 Å². The Morgan fingerprint density at radius 3 is 2.67 bits per heavy atom. The van der Waals surface area contributed by atoms with Crippen LogP contribution in [0, 0.1) is 46.3 Å². The highest BCUT2D eigenvalue weighted by atomic mass is 32.1. The summed E-state index contributed by atoms with van der Waals surface area (Å²) in [5.41, 5.74) is 0.548. The summed E-state index contributed by atoms with van der Waals surface area (Å²) in [6.45, 7) is 7.33. The fourth-order valence-corrected chi connectivity index (χ4v) is 9.75. The van der Waals surface area contributed by atoms with E-state index in [1.165, 1.54) is 37.0 Å². The number of carbonyl (C=O) groups is 1. The summed E-state index contributed by atoms with van der Waals surface area (Å²) in [6.07, 6.45) is 11.5. The van der Waals surface area contributed by atoms with Crippen molar-refractivity contribution >= 4 is 22.4 Å². The predicted molar refractivity (Wildman–Crippen MR) is 132 cm³/mol. The molecule has 1 aromatic heterocycles. The zero-order valence-electron chi connectivity index (χ0n) is 20.5. The van der Waals surface area contributed by atoms with Crippen molar-refractivity contribution in [3.05, 3.63) is 11.6 Å². The second kappa shape index (κ2) is 8.91. The summed E-state index contributed by atoms with van der Waals surface area (Å²) in [4.78, 5) is 16.6. The molecule has 4 aliphatic rings. The smallest absolute Gasteiger partial charge is 0.226 e. The summed E-state index contributed by atoms with van der Waals surface area (Å²) in [6, 6.07) is 0. The number of nitrogens with one attached hydrogen (secondary N) is 1. The van der Waals surface area contributed by atoms with E-state index in [1.54, 1.807) is 6.20 Å². The van der Waals surface area contributed by atoms with Crippen LogP contribution in [0.25, 0.3) is 0 Å². The van der Waals surface area contributed by atoms with Gasteiger partial charge in [0.15, 0.2) is 5.13 Å². The first-order chi connectivity index (χ1) is 15.7. The Labute approximate surface area is 202 Å². The monoisotopic (exact) mass is 474 g/mol. The van der Waals surface area contributed by atoms with Gasteiger partial charge in [0.05, 0.1) is 12.2 Å². The van der Waals surface area contributed by atoms with Crippen molar-refractivity contribution in [2.45, 2.75) is 97.2 Å². The van der Waals surface area contributed by atoms with Crippen LogP contribution in [0.4, 0.5) is 5.13 Å². The van der Waals surface area contributed by atoms with E-state index in [1.807, 2.05) is 5.38 Å². The van der Waals surface area contributed by atoms with Gasteiger partial charge in [-0.3, -0.25) is 4.79 Å². The molecule has 6 heteroatoms. The molecule has 10 atom stereocenters. The molecule has 1 amide bonds. The first-order valence-electron chi connectivity index (χ1n) is 13.3. The first-order valence-corrected chi connectivity index (χ1v) is 14.2. The molecule has 0 bridgehead atoms. The van der Waals surface area contributed by atoms with Crippen molar-refractivity contribution in [1.29, 1.82) is 0 Å². The van der Waals surface area contributed by atoms with Crippen LogP contribution in [0.1, 0.15) is 85.0 Å². The fourth-order valence-electron chi connectivity index (χ4n) is 9.20. The molecule has 5 rings (SSSR count). The van der Waals surface area contributed by atoms with E-state index >= 15 is 0 Å². The lowest BCUT2D eigenvalue weighted by Crippen LogP contribution is -2.58. The molecule has 0 aliphatic heterocycles. The number of fused-ring (bicyclic) bond motifs is 5. The highest BCUT2D eigenvalue weighted by Crippen LogP contribution is 2.68. The second-order valence-corrected chi connectivity index (χ2v) is 13.2. The van der Waals surface area contributed by atoms with Gasteiger partial charge in [-0.05, 0) is 104 Å². The average molecular weight is 475 g/mol. The van der Waals surface area contributed by atoms with Crippen molar-refractivity contribution in [1.82, 2.24) is 4.98 Å². The van der Waals surface area contributed by atoms with E-state index in [4.69, 9.17) is 0 Å². The van der Waals surface area contributed by atoms with Crippen LogP contribution < -0.4 is 5.32 Å². The third kappa shape index (κ3) is 4.08. The van der Waals surface area contributed by atoms with Crippen LogP contribution in [-0.2, 0) is 4.79 Å². The Hall–Kier alpha value is -0.980. The van der Waals surface area contributed by atoms with Crippen LogP contribution >= 0.6 is 11.3 Å². The summed E-state index contributed by atoms with van der Waals surface area (Å²) in [5, 5.41) is 27.2. The number of anilines is 1. The van der Waals surface area contributed by atoms with Crippen LogP contribution in [0.2, 0.25) is 0 Å². The van der Waals surface area contributed by atoms with Gasteiger partial charge in [-0.25, -0.2) is 4.98 Å². The third-order valence-electron chi connectivity index (χ3n) is 10.9. The van der Waals surface area contributed by atoms with Crippen molar-refractivity contribution < 1.29 is 15.0 Å². The fraction of sp³-hybridized carbons (Fsp3) is 0.852. The quantitative estimate of drug-likeness (QED) is 0.527. The maximum absolute atomic E-state index is 12.4. The molecule has 1 aromatic rings. The molecule has 4 saturated carbocycles. The molecular formula is C27H42N2O3S. The lowest BCUT2D eigenvalue weighted by atomic mass is 9.43. The van der Waals surface area contributed by atoms with Gasteiger partial charge in [-0.1, -0.05) is 20.8 Å². The summed E-state index contributed by atoms with van der Waals surface area (Å²) < 4.78 is 0. The molecule has 0 saturated heterocycles. The minimum Gasteiger partial charge on any atom is -0.393 e. The third-order valence-corrected chi connectivity index (χ3v) is 11.6. The predicted octanol–water partition coefficient (Wildman–Crippen LogP) is 5.49. The summed E-state index contributed by atoms with van der Waals surface area (Å²) >= 11 is 1.46. The first kappa shape index (κ1) is 23.7. The van der Waals surface area contributed by atoms with Crippen molar-refractivity contribution in [3.63, 3.8) is 0 Å². The lowest BCUT2D eigenvalue weighted by Gasteiger charge is -2.62. The van der Waals surface area contributed by atoms with Crippen molar-refractivity contribution in [3.8, 4) is 0 Å². The number of carbonyl (C=O) groups excluding carboxylic acids is 1. The van der Waals surface area contributed by atoms with Crippen LogP contribution in [0.15, 0.2) is 11.6 Å². The van der Waals surface area contributed by atoms with Gasteiger partial charge >= 0.3 is 0 Å². The zero-order chi connectivity index (χ0) is 23.4. The number of aromatic nitrogens is 1. The topological polar surface area (TPSA) is 82.5 Å². The minimum atomic E-state index is -0.221.